The lowest BCUT2D eigenvalue weighted by Gasteiger charge is -2.13. The number of benzene rings is 4. The van der Waals surface area contributed by atoms with E-state index in [1.807, 2.05) is 0 Å². The highest BCUT2D eigenvalue weighted by Gasteiger charge is 2.11. The zero-order chi connectivity index (χ0) is 15.8. The minimum absolute atomic E-state index is 0.239. The van der Waals surface area contributed by atoms with Crippen molar-refractivity contribution in [2.45, 2.75) is 20.0 Å². The van der Waals surface area contributed by atoms with Gasteiger partial charge in [-0.25, -0.2) is 0 Å². The Bertz CT molecular complexity index is 999. The Labute approximate surface area is 138 Å². The molecule has 0 aliphatic heterocycles. The van der Waals surface area contributed by atoms with E-state index in [0.717, 1.165) is 0 Å². The molecule has 23 heavy (non-hydrogen) atoms. The molecule has 0 spiro atoms. The first-order chi connectivity index (χ1) is 11.2. The summed E-state index contributed by atoms with van der Waals surface area (Å²) in [5, 5.41) is 9.07. The molecule has 0 amide bonds. The van der Waals surface area contributed by atoms with Crippen molar-refractivity contribution >= 4 is 47.3 Å². The fourth-order valence-electron chi connectivity index (χ4n) is 3.04. The maximum absolute atomic E-state index is 5.98. The SMILES string of the molecule is CC(C)O[Si]c1c2ccccc2cc2cc3ccccc3cc12. The summed E-state index contributed by atoms with van der Waals surface area (Å²) < 4.78 is 5.98. The van der Waals surface area contributed by atoms with Crippen LogP contribution in [0.4, 0.5) is 0 Å². The van der Waals surface area contributed by atoms with E-state index < -0.39 is 0 Å². The summed E-state index contributed by atoms with van der Waals surface area (Å²) in [5.74, 6) is 0. The number of hydrogen-bond donors (Lipinski definition) is 0. The molecule has 0 heterocycles. The summed E-state index contributed by atoms with van der Waals surface area (Å²) >= 11 is 0. The first kappa shape index (κ1) is 14.4. The number of fused-ring (bicyclic) bond motifs is 3. The molecule has 0 aliphatic carbocycles. The number of rotatable bonds is 3. The van der Waals surface area contributed by atoms with Crippen LogP contribution >= 0.6 is 0 Å². The van der Waals surface area contributed by atoms with Crippen molar-refractivity contribution < 1.29 is 4.43 Å². The second kappa shape index (κ2) is 5.80. The van der Waals surface area contributed by atoms with Crippen LogP contribution < -0.4 is 5.19 Å². The average molecular weight is 314 g/mol. The fourth-order valence-corrected chi connectivity index (χ4v) is 4.06. The lowest BCUT2D eigenvalue weighted by Crippen LogP contribution is -2.22. The van der Waals surface area contributed by atoms with Crippen molar-refractivity contribution in [1.82, 2.24) is 0 Å². The van der Waals surface area contributed by atoms with Gasteiger partial charge < -0.3 is 4.43 Å². The van der Waals surface area contributed by atoms with E-state index in [9.17, 15) is 0 Å². The molecule has 0 bridgehead atoms. The van der Waals surface area contributed by atoms with Gasteiger partial charge in [-0.15, -0.1) is 0 Å². The van der Waals surface area contributed by atoms with E-state index >= 15 is 0 Å². The van der Waals surface area contributed by atoms with Crippen LogP contribution in [0.15, 0.2) is 66.7 Å². The second-order valence-corrected chi connectivity index (χ2v) is 7.10. The van der Waals surface area contributed by atoms with Crippen LogP contribution in [0.3, 0.4) is 0 Å². The van der Waals surface area contributed by atoms with Crippen molar-refractivity contribution in [3.63, 3.8) is 0 Å². The van der Waals surface area contributed by atoms with E-state index in [-0.39, 0.29) is 6.10 Å². The van der Waals surface area contributed by atoms with Gasteiger partial charge in [-0.2, -0.15) is 0 Å². The maximum Gasteiger partial charge on any atom is 0.270 e. The van der Waals surface area contributed by atoms with Gasteiger partial charge in [-0.1, -0.05) is 48.5 Å². The monoisotopic (exact) mass is 314 g/mol. The van der Waals surface area contributed by atoms with Crippen molar-refractivity contribution in [2.75, 3.05) is 0 Å². The van der Waals surface area contributed by atoms with Gasteiger partial charge in [0, 0.05) is 6.10 Å². The van der Waals surface area contributed by atoms with Crippen molar-refractivity contribution in [1.29, 1.82) is 0 Å². The predicted octanol–water partition coefficient (Wildman–Crippen LogP) is 4.82. The zero-order valence-electron chi connectivity index (χ0n) is 13.3. The topological polar surface area (TPSA) is 9.23 Å². The van der Waals surface area contributed by atoms with E-state index in [1.54, 1.807) is 0 Å². The summed E-state index contributed by atoms with van der Waals surface area (Å²) in [7, 11) is 0.364. The third-order valence-corrected chi connectivity index (χ3v) is 5.46. The molecule has 0 unspecified atom stereocenters. The molecule has 2 radical (unpaired) electrons. The minimum atomic E-state index is 0.239. The van der Waals surface area contributed by atoms with E-state index in [4.69, 9.17) is 4.43 Å². The molecule has 4 aromatic carbocycles. The quantitative estimate of drug-likeness (QED) is 0.389. The summed E-state index contributed by atoms with van der Waals surface area (Å²) in [4.78, 5) is 0. The third kappa shape index (κ3) is 2.65. The number of hydrogen-bond acceptors (Lipinski definition) is 1. The van der Waals surface area contributed by atoms with Crippen molar-refractivity contribution in [3.05, 3.63) is 66.7 Å². The molecule has 4 rings (SSSR count). The molecule has 2 heteroatoms. The van der Waals surface area contributed by atoms with Gasteiger partial charge in [0.25, 0.3) is 9.76 Å². The van der Waals surface area contributed by atoms with Gasteiger partial charge in [0.2, 0.25) is 0 Å². The van der Waals surface area contributed by atoms with Gasteiger partial charge in [-0.3, -0.25) is 0 Å². The molecule has 0 saturated carbocycles. The maximum atomic E-state index is 5.98. The predicted molar refractivity (Wildman–Crippen MR) is 101 cm³/mol. The minimum Gasteiger partial charge on any atom is -0.409 e. The summed E-state index contributed by atoms with van der Waals surface area (Å²) in [5.41, 5.74) is 0. The molecule has 0 saturated heterocycles. The highest BCUT2D eigenvalue weighted by Crippen LogP contribution is 2.26. The molecule has 1 nitrogen and oxygen atoms in total. The Hall–Kier alpha value is -2.16. The summed E-state index contributed by atoms with van der Waals surface area (Å²) in [6, 6.07) is 24.1. The van der Waals surface area contributed by atoms with Gasteiger partial charge >= 0.3 is 0 Å². The molecule has 0 aliphatic rings. The molecule has 4 aromatic rings. The average Bonchev–Trinajstić information content (AvgIpc) is 2.56. The van der Waals surface area contributed by atoms with Gasteiger partial charge in [0.15, 0.2) is 0 Å². The first-order valence-corrected chi connectivity index (χ1v) is 8.89. The lowest BCUT2D eigenvalue weighted by molar-refractivity contribution is 0.261. The van der Waals surface area contributed by atoms with Crippen LogP contribution in [0.1, 0.15) is 13.8 Å². The summed E-state index contributed by atoms with van der Waals surface area (Å²) in [6.45, 7) is 4.19. The zero-order valence-corrected chi connectivity index (χ0v) is 14.3. The highest BCUT2D eigenvalue weighted by atomic mass is 28.2. The Morgan fingerprint density at radius 2 is 1.30 bits per heavy atom. The smallest absolute Gasteiger partial charge is 0.270 e. The Morgan fingerprint density at radius 3 is 2.04 bits per heavy atom. The Kier molecular flexibility index (Phi) is 3.64. The van der Waals surface area contributed by atoms with Crippen LogP contribution in [-0.4, -0.2) is 15.9 Å². The Balaban J connectivity index is 2.06. The van der Waals surface area contributed by atoms with Crippen LogP contribution in [-0.2, 0) is 4.43 Å². The highest BCUT2D eigenvalue weighted by molar-refractivity contribution is 6.56. The van der Waals surface area contributed by atoms with E-state index in [0.29, 0.717) is 9.76 Å². The van der Waals surface area contributed by atoms with Crippen LogP contribution in [0.25, 0.3) is 32.3 Å². The Morgan fingerprint density at radius 1 is 0.696 bits per heavy atom. The van der Waals surface area contributed by atoms with Crippen LogP contribution in [0.5, 0.6) is 0 Å². The van der Waals surface area contributed by atoms with E-state index in [1.165, 1.54) is 37.5 Å². The van der Waals surface area contributed by atoms with Crippen LogP contribution in [0.2, 0.25) is 0 Å². The molecule has 0 atom stereocenters. The molecule has 0 aromatic heterocycles. The van der Waals surface area contributed by atoms with Crippen molar-refractivity contribution in [3.8, 4) is 0 Å². The van der Waals surface area contributed by atoms with Crippen molar-refractivity contribution in [2.24, 2.45) is 0 Å². The molecular weight excluding hydrogens is 296 g/mol. The lowest BCUT2D eigenvalue weighted by atomic mass is 9.99. The van der Waals surface area contributed by atoms with Gasteiger partial charge in [-0.05, 0) is 69.6 Å². The second-order valence-electron chi connectivity index (χ2n) is 6.16. The van der Waals surface area contributed by atoms with Crippen LogP contribution in [0, 0.1) is 0 Å². The molecule has 0 fully saturated rings. The normalized spacial score (nSPS) is 11.8. The van der Waals surface area contributed by atoms with Gasteiger partial charge in [0.05, 0.1) is 0 Å². The molecular formula is C21H18OSi. The third-order valence-electron chi connectivity index (χ3n) is 4.13. The largest absolute Gasteiger partial charge is 0.409 e. The van der Waals surface area contributed by atoms with Gasteiger partial charge in [0.1, 0.15) is 0 Å². The standard InChI is InChI=1S/C21H18OSi/c1-14(2)22-23-21-19-10-6-5-9-17(19)12-18-11-15-7-3-4-8-16(15)13-20(18)21/h3-14H,1-2H3. The first-order valence-electron chi connectivity index (χ1n) is 7.98. The fraction of sp³-hybridized carbons (Fsp3) is 0.143. The summed E-state index contributed by atoms with van der Waals surface area (Å²) in [6.07, 6.45) is 0.239. The van der Waals surface area contributed by atoms with E-state index in [2.05, 4.69) is 80.6 Å². The molecule has 0 N–H and O–H groups in total. The molecule has 112 valence electrons.